The van der Waals surface area contributed by atoms with E-state index in [2.05, 4.69) is 25.2 Å². The highest BCUT2D eigenvalue weighted by molar-refractivity contribution is 7.11. The van der Waals surface area contributed by atoms with Gasteiger partial charge in [-0.25, -0.2) is 0 Å². The van der Waals surface area contributed by atoms with E-state index in [0.717, 1.165) is 15.6 Å². The molecule has 1 aromatic carbocycles. The minimum Gasteiger partial charge on any atom is -0.338 e. The first kappa shape index (κ1) is 13.8. The summed E-state index contributed by atoms with van der Waals surface area (Å²) in [5.74, 6) is 1.21. The molecule has 0 aliphatic heterocycles. The third kappa shape index (κ3) is 3.50. The summed E-state index contributed by atoms with van der Waals surface area (Å²) in [5.41, 5.74) is 0.954. The van der Waals surface area contributed by atoms with E-state index >= 15 is 0 Å². The summed E-state index contributed by atoms with van der Waals surface area (Å²) in [6.45, 7) is 3.25. The third-order valence-corrected chi connectivity index (χ3v) is 3.70. The molecule has 0 saturated heterocycles. The molecule has 7 heteroatoms. The lowest BCUT2D eigenvalue weighted by atomic mass is 10.2. The standard InChI is InChI=1S/C14H15N5OS/c1-10-16-17-13(21-10)9-19(2)8-12-15-14(18-20-12)11-6-4-3-5-7-11/h3-7H,8-9H2,1-2H3. The van der Waals surface area contributed by atoms with Gasteiger partial charge in [0, 0.05) is 5.56 Å². The Labute approximate surface area is 126 Å². The molecule has 0 unspecified atom stereocenters. The van der Waals surface area contributed by atoms with Crippen molar-refractivity contribution in [2.24, 2.45) is 0 Å². The van der Waals surface area contributed by atoms with E-state index in [1.807, 2.05) is 44.3 Å². The molecular formula is C14H15N5OS. The van der Waals surface area contributed by atoms with Gasteiger partial charge in [-0.2, -0.15) is 4.98 Å². The molecule has 0 aliphatic rings. The fourth-order valence-electron chi connectivity index (χ4n) is 1.94. The van der Waals surface area contributed by atoms with Crippen molar-refractivity contribution >= 4 is 11.3 Å². The fourth-order valence-corrected chi connectivity index (χ4v) is 2.73. The summed E-state index contributed by atoms with van der Waals surface area (Å²) in [7, 11) is 1.99. The van der Waals surface area contributed by atoms with Crippen molar-refractivity contribution < 1.29 is 4.52 Å². The predicted molar refractivity (Wildman–Crippen MR) is 79.6 cm³/mol. The molecule has 0 fully saturated rings. The first-order chi connectivity index (χ1) is 10.2. The lowest BCUT2D eigenvalue weighted by molar-refractivity contribution is 0.260. The molecule has 0 N–H and O–H groups in total. The van der Waals surface area contributed by atoms with Gasteiger partial charge in [-0.1, -0.05) is 35.5 Å². The molecule has 3 rings (SSSR count). The molecule has 0 spiro atoms. The first-order valence-corrected chi connectivity index (χ1v) is 7.38. The van der Waals surface area contributed by atoms with Crippen LogP contribution in [0.5, 0.6) is 0 Å². The molecule has 0 aliphatic carbocycles. The molecule has 0 amide bonds. The molecule has 2 heterocycles. The van der Waals surface area contributed by atoms with Gasteiger partial charge in [-0.3, -0.25) is 4.90 Å². The van der Waals surface area contributed by atoms with E-state index in [1.54, 1.807) is 11.3 Å². The number of hydrogen-bond acceptors (Lipinski definition) is 7. The van der Waals surface area contributed by atoms with Crippen molar-refractivity contribution in [2.75, 3.05) is 7.05 Å². The highest BCUT2D eigenvalue weighted by atomic mass is 32.1. The van der Waals surface area contributed by atoms with E-state index < -0.39 is 0 Å². The molecule has 0 saturated carbocycles. The maximum absolute atomic E-state index is 5.30. The van der Waals surface area contributed by atoms with Gasteiger partial charge in [0.25, 0.3) is 0 Å². The van der Waals surface area contributed by atoms with Crippen LogP contribution in [-0.4, -0.2) is 32.3 Å². The van der Waals surface area contributed by atoms with Crippen LogP contribution < -0.4 is 0 Å². The predicted octanol–water partition coefficient (Wildman–Crippen LogP) is 2.53. The van der Waals surface area contributed by atoms with Crippen molar-refractivity contribution in [2.45, 2.75) is 20.0 Å². The molecule has 0 bridgehead atoms. The van der Waals surface area contributed by atoms with Crippen molar-refractivity contribution in [1.29, 1.82) is 0 Å². The molecule has 0 atom stereocenters. The van der Waals surface area contributed by atoms with Crippen LogP contribution in [-0.2, 0) is 13.1 Å². The summed E-state index contributed by atoms with van der Waals surface area (Å²) in [6.07, 6.45) is 0. The molecule has 6 nitrogen and oxygen atoms in total. The fraction of sp³-hybridized carbons (Fsp3) is 0.286. The third-order valence-electron chi connectivity index (χ3n) is 2.88. The Morgan fingerprint density at radius 2 is 1.95 bits per heavy atom. The maximum Gasteiger partial charge on any atom is 0.241 e. The summed E-state index contributed by atoms with van der Waals surface area (Å²) < 4.78 is 5.30. The Balaban J connectivity index is 1.64. The molecule has 2 aromatic heterocycles. The number of hydrogen-bond donors (Lipinski definition) is 0. The number of benzene rings is 1. The van der Waals surface area contributed by atoms with Crippen LogP contribution in [0.15, 0.2) is 34.9 Å². The minimum absolute atomic E-state index is 0.582. The largest absolute Gasteiger partial charge is 0.338 e. The second kappa shape index (κ2) is 6.11. The second-order valence-electron chi connectivity index (χ2n) is 4.76. The normalized spacial score (nSPS) is 11.2. The molecule has 21 heavy (non-hydrogen) atoms. The molecule has 3 aromatic rings. The summed E-state index contributed by atoms with van der Waals surface area (Å²) >= 11 is 1.60. The van der Waals surface area contributed by atoms with Crippen LogP contribution in [0.2, 0.25) is 0 Å². The van der Waals surface area contributed by atoms with Gasteiger partial charge in [0.2, 0.25) is 11.7 Å². The van der Waals surface area contributed by atoms with Crippen LogP contribution in [0.3, 0.4) is 0 Å². The smallest absolute Gasteiger partial charge is 0.241 e. The van der Waals surface area contributed by atoms with Gasteiger partial charge in [0.05, 0.1) is 13.1 Å². The van der Waals surface area contributed by atoms with Gasteiger partial charge in [-0.15, -0.1) is 21.5 Å². The van der Waals surface area contributed by atoms with Crippen LogP contribution in [0.1, 0.15) is 15.9 Å². The van der Waals surface area contributed by atoms with E-state index in [1.165, 1.54) is 0 Å². The van der Waals surface area contributed by atoms with Crippen molar-refractivity contribution in [3.05, 3.63) is 46.2 Å². The van der Waals surface area contributed by atoms with Crippen molar-refractivity contribution in [3.8, 4) is 11.4 Å². The number of aromatic nitrogens is 4. The monoisotopic (exact) mass is 301 g/mol. The topological polar surface area (TPSA) is 67.9 Å². The summed E-state index contributed by atoms with van der Waals surface area (Å²) in [6, 6.07) is 9.79. The van der Waals surface area contributed by atoms with Crippen LogP contribution in [0.25, 0.3) is 11.4 Å². The van der Waals surface area contributed by atoms with Gasteiger partial charge in [0.1, 0.15) is 10.0 Å². The average Bonchev–Trinajstić information content (AvgIpc) is 3.09. The summed E-state index contributed by atoms with van der Waals surface area (Å²) in [4.78, 5) is 6.49. The number of aryl methyl sites for hydroxylation is 1. The quantitative estimate of drug-likeness (QED) is 0.721. The first-order valence-electron chi connectivity index (χ1n) is 6.56. The van der Waals surface area contributed by atoms with E-state index in [0.29, 0.717) is 24.8 Å². The Kier molecular flexibility index (Phi) is 4.03. The van der Waals surface area contributed by atoms with Crippen LogP contribution in [0.4, 0.5) is 0 Å². The highest BCUT2D eigenvalue weighted by Crippen LogP contribution is 2.16. The highest BCUT2D eigenvalue weighted by Gasteiger charge is 2.12. The van der Waals surface area contributed by atoms with Gasteiger partial charge in [-0.05, 0) is 14.0 Å². The van der Waals surface area contributed by atoms with Crippen LogP contribution >= 0.6 is 11.3 Å². The Hall–Kier alpha value is -2.12. The lowest BCUT2D eigenvalue weighted by Crippen LogP contribution is -2.17. The SMILES string of the molecule is Cc1nnc(CN(C)Cc2nc(-c3ccccc3)no2)s1. The summed E-state index contributed by atoms with van der Waals surface area (Å²) in [5, 5.41) is 14.1. The van der Waals surface area contributed by atoms with E-state index in [-0.39, 0.29) is 0 Å². The van der Waals surface area contributed by atoms with Crippen LogP contribution in [0, 0.1) is 6.92 Å². The van der Waals surface area contributed by atoms with E-state index in [4.69, 9.17) is 4.52 Å². The Morgan fingerprint density at radius 1 is 1.14 bits per heavy atom. The molecule has 0 radical (unpaired) electrons. The number of rotatable bonds is 5. The van der Waals surface area contributed by atoms with Crippen molar-refractivity contribution in [3.63, 3.8) is 0 Å². The zero-order valence-corrected chi connectivity index (χ0v) is 12.7. The van der Waals surface area contributed by atoms with E-state index in [9.17, 15) is 0 Å². The van der Waals surface area contributed by atoms with Gasteiger partial charge in [0.15, 0.2) is 0 Å². The maximum atomic E-state index is 5.30. The molecular weight excluding hydrogens is 286 g/mol. The molecule has 108 valence electrons. The lowest BCUT2D eigenvalue weighted by Gasteiger charge is -2.10. The van der Waals surface area contributed by atoms with Crippen molar-refractivity contribution in [1.82, 2.24) is 25.2 Å². The average molecular weight is 301 g/mol. The zero-order valence-electron chi connectivity index (χ0n) is 11.9. The zero-order chi connectivity index (χ0) is 14.7. The number of nitrogens with zero attached hydrogens (tertiary/aromatic N) is 5. The second-order valence-corrected chi connectivity index (χ2v) is 6.03. The van der Waals surface area contributed by atoms with Gasteiger partial charge >= 0.3 is 0 Å². The Bertz CT molecular complexity index is 709. The minimum atomic E-state index is 0.582. The van der Waals surface area contributed by atoms with Gasteiger partial charge < -0.3 is 4.52 Å². The Morgan fingerprint density at radius 3 is 2.67 bits per heavy atom.